The second-order valence-electron chi connectivity index (χ2n) is 4.93. The van der Waals surface area contributed by atoms with Crippen LogP contribution in [0.25, 0.3) is 16.9 Å². The van der Waals surface area contributed by atoms with Crippen molar-refractivity contribution in [2.24, 2.45) is 5.73 Å². The van der Waals surface area contributed by atoms with Crippen LogP contribution in [-0.4, -0.2) is 9.38 Å². The van der Waals surface area contributed by atoms with E-state index in [4.69, 9.17) is 11.0 Å². The van der Waals surface area contributed by atoms with E-state index < -0.39 is 0 Å². The summed E-state index contributed by atoms with van der Waals surface area (Å²) in [4.78, 5) is 4.26. The fourth-order valence-electron chi connectivity index (χ4n) is 2.32. The van der Waals surface area contributed by atoms with Gasteiger partial charge in [0.15, 0.2) is 0 Å². The molecule has 2 aromatic heterocycles. The van der Waals surface area contributed by atoms with Gasteiger partial charge < -0.3 is 5.73 Å². The second-order valence-corrected chi connectivity index (χ2v) is 4.93. The van der Waals surface area contributed by atoms with Gasteiger partial charge >= 0.3 is 0 Å². The number of hydrogen-bond acceptors (Lipinski definition) is 3. The molecule has 3 aromatic rings. The quantitative estimate of drug-likeness (QED) is 0.784. The van der Waals surface area contributed by atoms with Gasteiger partial charge in [-0.1, -0.05) is 12.1 Å². The van der Waals surface area contributed by atoms with E-state index in [2.05, 4.69) is 11.1 Å². The number of pyridine rings is 1. The first kappa shape index (κ1) is 13.3. The number of nitrogens with two attached hydrogens (primary N) is 1. The zero-order chi connectivity index (χ0) is 15.0. The van der Waals surface area contributed by atoms with Crippen molar-refractivity contribution < 1.29 is 4.39 Å². The highest BCUT2D eigenvalue weighted by Crippen LogP contribution is 2.25. The topological polar surface area (TPSA) is 67.1 Å². The summed E-state index contributed by atoms with van der Waals surface area (Å²) in [6.07, 6.45) is 3.35. The molecule has 0 aliphatic carbocycles. The number of imidazole rings is 1. The molecule has 0 radical (unpaired) electrons. The fraction of sp³-hybridized carbons (Fsp3) is 0.125. The number of halogens is 1. The van der Waals surface area contributed by atoms with Gasteiger partial charge in [-0.15, -0.1) is 0 Å². The van der Waals surface area contributed by atoms with Crippen molar-refractivity contribution in [2.75, 3.05) is 0 Å². The van der Waals surface area contributed by atoms with Gasteiger partial charge in [-0.05, 0) is 25.1 Å². The maximum atomic E-state index is 14.1. The molecule has 0 saturated heterocycles. The SMILES string of the molecule is CC(N)c1ccc(-c2cnc3ccc(C#N)cn23)cc1F. The third-order valence-electron chi connectivity index (χ3n) is 3.42. The van der Waals surface area contributed by atoms with Crippen LogP contribution in [0.15, 0.2) is 42.7 Å². The van der Waals surface area contributed by atoms with Gasteiger partial charge in [0.1, 0.15) is 17.5 Å². The molecule has 0 bridgehead atoms. The van der Waals surface area contributed by atoms with Crippen molar-refractivity contribution in [3.05, 3.63) is 59.7 Å². The van der Waals surface area contributed by atoms with Gasteiger partial charge in [-0.2, -0.15) is 5.26 Å². The molecule has 0 amide bonds. The summed E-state index contributed by atoms with van der Waals surface area (Å²) in [6.45, 7) is 1.74. The average Bonchev–Trinajstić information content (AvgIpc) is 2.89. The number of nitrogens with zero attached hydrogens (tertiary/aromatic N) is 3. The number of rotatable bonds is 2. The molecule has 0 aliphatic heterocycles. The summed E-state index contributed by atoms with van der Waals surface area (Å²) >= 11 is 0. The lowest BCUT2D eigenvalue weighted by Gasteiger charge is -2.09. The van der Waals surface area contributed by atoms with Gasteiger partial charge in [0, 0.05) is 23.4 Å². The Morgan fingerprint density at radius 2 is 2.14 bits per heavy atom. The van der Waals surface area contributed by atoms with Crippen molar-refractivity contribution in [2.45, 2.75) is 13.0 Å². The highest BCUT2D eigenvalue weighted by molar-refractivity contribution is 5.64. The maximum absolute atomic E-state index is 14.1. The molecule has 0 aliphatic rings. The third-order valence-corrected chi connectivity index (χ3v) is 3.42. The molecule has 0 fully saturated rings. The lowest BCUT2D eigenvalue weighted by Crippen LogP contribution is -2.07. The number of benzene rings is 1. The first-order chi connectivity index (χ1) is 10.1. The summed E-state index contributed by atoms with van der Waals surface area (Å²) < 4.78 is 15.9. The van der Waals surface area contributed by atoms with Crippen molar-refractivity contribution >= 4 is 5.65 Å². The van der Waals surface area contributed by atoms with Crippen LogP contribution in [0.4, 0.5) is 4.39 Å². The number of nitriles is 1. The van der Waals surface area contributed by atoms with Crippen LogP contribution in [0.2, 0.25) is 0 Å². The smallest absolute Gasteiger partial charge is 0.137 e. The summed E-state index contributed by atoms with van der Waals surface area (Å²) in [5.41, 5.74) is 8.85. The molecule has 1 aromatic carbocycles. The van der Waals surface area contributed by atoms with E-state index >= 15 is 0 Å². The monoisotopic (exact) mass is 280 g/mol. The molecule has 1 atom stereocenters. The first-order valence-electron chi connectivity index (χ1n) is 6.53. The minimum absolute atomic E-state index is 0.339. The Morgan fingerprint density at radius 1 is 1.33 bits per heavy atom. The van der Waals surface area contributed by atoms with Crippen LogP contribution in [0.3, 0.4) is 0 Å². The molecule has 0 saturated carbocycles. The fourth-order valence-corrected chi connectivity index (χ4v) is 2.32. The van der Waals surface area contributed by atoms with E-state index in [1.165, 1.54) is 6.07 Å². The van der Waals surface area contributed by atoms with Gasteiger partial charge in [-0.25, -0.2) is 9.37 Å². The van der Waals surface area contributed by atoms with E-state index in [0.29, 0.717) is 22.3 Å². The predicted octanol–water partition coefficient (Wildman–Crippen LogP) is 3.03. The Labute approximate surface area is 121 Å². The highest BCUT2D eigenvalue weighted by Gasteiger charge is 2.11. The van der Waals surface area contributed by atoms with E-state index in [0.717, 1.165) is 5.69 Å². The lowest BCUT2D eigenvalue weighted by molar-refractivity contribution is 0.594. The van der Waals surface area contributed by atoms with Crippen LogP contribution in [0, 0.1) is 17.1 Å². The Balaban J connectivity index is 2.17. The summed E-state index contributed by atoms with van der Waals surface area (Å²) in [5, 5.41) is 8.98. The molecule has 3 rings (SSSR count). The van der Waals surface area contributed by atoms with Crippen LogP contribution in [-0.2, 0) is 0 Å². The Hall–Kier alpha value is -2.71. The van der Waals surface area contributed by atoms with Gasteiger partial charge in [0.05, 0.1) is 17.5 Å². The van der Waals surface area contributed by atoms with Crippen molar-refractivity contribution in [1.82, 2.24) is 9.38 Å². The normalized spacial score (nSPS) is 12.3. The minimum atomic E-state index is -0.355. The zero-order valence-corrected chi connectivity index (χ0v) is 11.4. The zero-order valence-electron chi connectivity index (χ0n) is 11.4. The van der Waals surface area contributed by atoms with Crippen LogP contribution >= 0.6 is 0 Å². The maximum Gasteiger partial charge on any atom is 0.137 e. The van der Waals surface area contributed by atoms with Crippen molar-refractivity contribution in [1.29, 1.82) is 5.26 Å². The third kappa shape index (κ3) is 2.26. The first-order valence-corrected chi connectivity index (χ1v) is 6.53. The van der Waals surface area contributed by atoms with Crippen LogP contribution < -0.4 is 5.73 Å². The standard InChI is InChI=1S/C16H13FN4/c1-10(19)13-4-3-12(6-14(13)17)15-8-20-16-5-2-11(7-18)9-21(15)16/h2-6,8-10H,19H2,1H3. The lowest BCUT2D eigenvalue weighted by atomic mass is 10.0. The van der Waals surface area contributed by atoms with E-state index in [-0.39, 0.29) is 11.9 Å². The minimum Gasteiger partial charge on any atom is -0.324 e. The molecule has 21 heavy (non-hydrogen) atoms. The predicted molar refractivity (Wildman–Crippen MR) is 77.9 cm³/mol. The number of fused-ring (bicyclic) bond motifs is 1. The average molecular weight is 280 g/mol. The second kappa shape index (κ2) is 5.00. The number of aromatic nitrogens is 2. The van der Waals surface area contributed by atoms with E-state index in [9.17, 15) is 4.39 Å². The molecule has 2 heterocycles. The molecule has 4 nitrogen and oxygen atoms in total. The van der Waals surface area contributed by atoms with E-state index in [1.54, 1.807) is 41.9 Å². The molecule has 5 heteroatoms. The Morgan fingerprint density at radius 3 is 2.81 bits per heavy atom. The largest absolute Gasteiger partial charge is 0.324 e. The van der Waals surface area contributed by atoms with Crippen LogP contribution in [0.1, 0.15) is 24.1 Å². The molecule has 2 N–H and O–H groups in total. The molecular formula is C16H13FN4. The van der Waals surface area contributed by atoms with Crippen molar-refractivity contribution in [3.8, 4) is 17.3 Å². The van der Waals surface area contributed by atoms with Gasteiger partial charge in [-0.3, -0.25) is 4.40 Å². The molecular weight excluding hydrogens is 267 g/mol. The molecule has 1 unspecified atom stereocenters. The van der Waals surface area contributed by atoms with Crippen molar-refractivity contribution in [3.63, 3.8) is 0 Å². The Kier molecular flexibility index (Phi) is 3.16. The Bertz CT molecular complexity index is 858. The summed E-state index contributed by atoms with van der Waals surface area (Å²) in [6, 6.07) is 10.1. The summed E-state index contributed by atoms with van der Waals surface area (Å²) in [5.74, 6) is -0.339. The molecule has 0 spiro atoms. The van der Waals surface area contributed by atoms with Gasteiger partial charge in [0.25, 0.3) is 0 Å². The van der Waals surface area contributed by atoms with Crippen LogP contribution in [0.5, 0.6) is 0 Å². The highest BCUT2D eigenvalue weighted by atomic mass is 19.1. The summed E-state index contributed by atoms with van der Waals surface area (Å²) in [7, 11) is 0. The molecule has 104 valence electrons. The number of hydrogen-bond donors (Lipinski definition) is 1. The van der Waals surface area contributed by atoms with E-state index in [1.807, 2.05) is 6.07 Å². The van der Waals surface area contributed by atoms with Gasteiger partial charge in [0.2, 0.25) is 0 Å².